The second-order valence-corrected chi connectivity index (χ2v) is 13.8. The lowest BCUT2D eigenvalue weighted by Crippen LogP contribution is -2.53. The van der Waals surface area contributed by atoms with E-state index in [-0.39, 0.29) is 17.9 Å². The van der Waals surface area contributed by atoms with Gasteiger partial charge in [0.1, 0.15) is 12.6 Å². The highest BCUT2D eigenvalue weighted by atomic mass is 35.5. The molecular formula is C36H37ClF3N3O4S. The monoisotopic (exact) mass is 699 g/mol. The number of nitrogens with zero attached hydrogens (tertiary/aromatic N) is 2. The molecule has 1 N–H and O–H groups in total. The van der Waals surface area contributed by atoms with E-state index in [2.05, 4.69) is 5.32 Å². The summed E-state index contributed by atoms with van der Waals surface area (Å²) in [5.41, 5.74) is 1.49. The van der Waals surface area contributed by atoms with Crippen molar-refractivity contribution in [3.8, 4) is 0 Å². The lowest BCUT2D eigenvalue weighted by atomic mass is 10.0. The van der Waals surface area contributed by atoms with Gasteiger partial charge in [0.2, 0.25) is 11.8 Å². The molecule has 0 heterocycles. The minimum Gasteiger partial charge on any atom is -0.354 e. The van der Waals surface area contributed by atoms with Crippen LogP contribution in [0.25, 0.3) is 0 Å². The van der Waals surface area contributed by atoms with Crippen molar-refractivity contribution in [3.63, 3.8) is 0 Å². The number of hydrogen-bond acceptors (Lipinski definition) is 4. The zero-order chi connectivity index (χ0) is 35.1. The zero-order valence-electron chi connectivity index (χ0n) is 26.8. The van der Waals surface area contributed by atoms with Crippen LogP contribution in [0.2, 0.25) is 5.02 Å². The van der Waals surface area contributed by atoms with Gasteiger partial charge in [0.25, 0.3) is 10.0 Å². The molecular weight excluding hydrogens is 663 g/mol. The van der Waals surface area contributed by atoms with E-state index in [9.17, 15) is 31.2 Å². The molecule has 2 amide bonds. The van der Waals surface area contributed by atoms with Crippen LogP contribution in [0, 0.1) is 13.8 Å². The molecule has 12 heteroatoms. The normalized spacial score (nSPS) is 12.3. The van der Waals surface area contributed by atoms with E-state index >= 15 is 0 Å². The molecule has 1 unspecified atom stereocenters. The third-order valence-corrected chi connectivity index (χ3v) is 9.84. The molecule has 0 spiro atoms. The molecule has 4 aromatic carbocycles. The fraction of sp³-hybridized carbons (Fsp3) is 0.278. The van der Waals surface area contributed by atoms with Crippen LogP contribution in [0.15, 0.2) is 102 Å². The van der Waals surface area contributed by atoms with Crippen molar-refractivity contribution in [2.45, 2.75) is 57.3 Å². The average Bonchev–Trinajstić information content (AvgIpc) is 3.05. The summed E-state index contributed by atoms with van der Waals surface area (Å²) in [6.45, 7) is 4.92. The molecule has 254 valence electrons. The number of sulfonamides is 1. The van der Waals surface area contributed by atoms with Gasteiger partial charge < -0.3 is 10.2 Å². The highest BCUT2D eigenvalue weighted by Gasteiger charge is 2.37. The van der Waals surface area contributed by atoms with Crippen molar-refractivity contribution < 1.29 is 31.2 Å². The number of hydrogen-bond donors (Lipinski definition) is 1. The summed E-state index contributed by atoms with van der Waals surface area (Å²) < 4.78 is 70.8. The molecule has 4 aromatic rings. The fourth-order valence-electron chi connectivity index (χ4n) is 5.06. The molecule has 0 saturated carbocycles. The predicted molar refractivity (Wildman–Crippen MR) is 181 cm³/mol. The van der Waals surface area contributed by atoms with Gasteiger partial charge in [0.15, 0.2) is 0 Å². The smallest absolute Gasteiger partial charge is 0.354 e. The quantitative estimate of drug-likeness (QED) is 0.158. The Hall–Kier alpha value is -4.35. The SMILES string of the molecule is CCCNC(=O)C(Cc1ccccc1)N(Cc1ccc(C)cc1)C(=O)CN(c1ccc(Cl)c(C(F)(F)F)c1)S(=O)(=O)c1ccc(C)cc1. The fourth-order valence-corrected chi connectivity index (χ4v) is 6.69. The van der Waals surface area contributed by atoms with Crippen LogP contribution in [0.5, 0.6) is 0 Å². The molecule has 0 radical (unpaired) electrons. The van der Waals surface area contributed by atoms with Crippen molar-refractivity contribution >= 4 is 39.1 Å². The van der Waals surface area contributed by atoms with Gasteiger partial charge in [-0.2, -0.15) is 13.2 Å². The molecule has 0 aliphatic carbocycles. The lowest BCUT2D eigenvalue weighted by Gasteiger charge is -2.34. The Kier molecular flexibility index (Phi) is 11.9. The first-order valence-electron chi connectivity index (χ1n) is 15.3. The average molecular weight is 700 g/mol. The van der Waals surface area contributed by atoms with Crippen LogP contribution in [-0.2, 0) is 38.8 Å². The standard InChI is InChI=1S/C36H37ClF3N3O4S/c1-4-20-41-35(45)33(21-27-8-6-5-7-9-27)42(23-28-14-10-25(2)11-15-28)34(44)24-43(48(46,47)30-17-12-26(3)13-18-30)29-16-19-32(37)31(22-29)36(38,39)40/h5-19,22,33H,4,20-21,23-24H2,1-3H3,(H,41,45). The van der Waals surface area contributed by atoms with E-state index in [1.165, 1.54) is 17.0 Å². The van der Waals surface area contributed by atoms with E-state index in [0.717, 1.165) is 28.8 Å². The van der Waals surface area contributed by atoms with Crippen LogP contribution in [-0.4, -0.2) is 44.3 Å². The largest absolute Gasteiger partial charge is 0.417 e. The summed E-state index contributed by atoms with van der Waals surface area (Å²) in [6.07, 6.45) is -4.15. The van der Waals surface area contributed by atoms with E-state index in [1.807, 2.05) is 44.2 Å². The van der Waals surface area contributed by atoms with Gasteiger partial charge in [-0.15, -0.1) is 0 Å². The summed E-state index contributed by atoms with van der Waals surface area (Å²) in [4.78, 5) is 29.3. The number of benzene rings is 4. The van der Waals surface area contributed by atoms with Gasteiger partial charge in [-0.05, 0) is 61.7 Å². The number of halogens is 4. The third kappa shape index (κ3) is 9.17. The van der Waals surface area contributed by atoms with E-state index in [4.69, 9.17) is 11.6 Å². The second-order valence-electron chi connectivity index (χ2n) is 11.5. The van der Waals surface area contributed by atoms with E-state index in [0.29, 0.717) is 28.9 Å². The maximum atomic E-state index is 14.5. The van der Waals surface area contributed by atoms with Crippen LogP contribution in [0.3, 0.4) is 0 Å². The summed E-state index contributed by atoms with van der Waals surface area (Å²) in [7, 11) is -4.60. The number of nitrogens with one attached hydrogen (secondary N) is 1. The summed E-state index contributed by atoms with van der Waals surface area (Å²) >= 11 is 5.88. The van der Waals surface area contributed by atoms with Crippen LogP contribution >= 0.6 is 11.6 Å². The van der Waals surface area contributed by atoms with Gasteiger partial charge in [0, 0.05) is 19.5 Å². The molecule has 0 aliphatic rings. The second kappa shape index (κ2) is 15.7. The predicted octanol–water partition coefficient (Wildman–Crippen LogP) is 7.34. The Morgan fingerprint density at radius 2 is 1.46 bits per heavy atom. The maximum Gasteiger partial charge on any atom is 0.417 e. The molecule has 0 bridgehead atoms. The van der Waals surface area contributed by atoms with Gasteiger partial charge in [-0.3, -0.25) is 13.9 Å². The number of anilines is 1. The summed E-state index contributed by atoms with van der Waals surface area (Å²) in [5, 5.41) is 2.23. The highest BCUT2D eigenvalue weighted by Crippen LogP contribution is 2.38. The van der Waals surface area contributed by atoms with Gasteiger partial charge in [-0.1, -0.05) is 96.4 Å². The van der Waals surface area contributed by atoms with Crippen LogP contribution in [0.1, 0.15) is 41.2 Å². The molecule has 7 nitrogen and oxygen atoms in total. The first-order chi connectivity index (χ1) is 22.7. The van der Waals surface area contributed by atoms with Crippen molar-refractivity contribution in [1.29, 1.82) is 0 Å². The number of aryl methyl sites for hydroxylation is 2. The lowest BCUT2D eigenvalue weighted by molar-refractivity contribution is -0.140. The van der Waals surface area contributed by atoms with Crippen molar-refractivity contribution in [2.75, 3.05) is 17.4 Å². The first-order valence-corrected chi connectivity index (χ1v) is 17.1. The number of carbonyl (C=O) groups is 2. The third-order valence-electron chi connectivity index (χ3n) is 7.73. The van der Waals surface area contributed by atoms with E-state index in [1.54, 1.807) is 43.3 Å². The molecule has 0 saturated heterocycles. The molecule has 1 atom stereocenters. The Labute approximate surface area is 284 Å². The minimum atomic E-state index is -4.90. The maximum absolute atomic E-state index is 14.5. The van der Waals surface area contributed by atoms with Gasteiger partial charge in [-0.25, -0.2) is 8.42 Å². The van der Waals surface area contributed by atoms with Gasteiger partial charge >= 0.3 is 6.18 Å². The molecule has 0 fully saturated rings. The van der Waals surface area contributed by atoms with E-state index < -0.39 is 56.9 Å². The molecule has 0 aromatic heterocycles. The van der Waals surface area contributed by atoms with Crippen molar-refractivity contribution in [1.82, 2.24) is 10.2 Å². The van der Waals surface area contributed by atoms with Crippen molar-refractivity contribution in [2.24, 2.45) is 0 Å². The Bertz CT molecular complexity index is 1820. The first kappa shape index (κ1) is 36.5. The Morgan fingerprint density at radius 3 is 2.04 bits per heavy atom. The number of amides is 2. The number of carbonyl (C=O) groups excluding carboxylic acids is 2. The van der Waals surface area contributed by atoms with Crippen molar-refractivity contribution in [3.05, 3.63) is 130 Å². The summed E-state index contributed by atoms with van der Waals surface area (Å²) in [6, 6.07) is 23.7. The summed E-state index contributed by atoms with van der Waals surface area (Å²) in [5.74, 6) is -1.23. The number of alkyl halides is 3. The topological polar surface area (TPSA) is 86.8 Å². The minimum absolute atomic E-state index is 0.0665. The van der Waals surface area contributed by atoms with Crippen LogP contribution in [0.4, 0.5) is 18.9 Å². The highest BCUT2D eigenvalue weighted by molar-refractivity contribution is 7.92. The molecule has 48 heavy (non-hydrogen) atoms. The Balaban J connectivity index is 1.85. The van der Waals surface area contributed by atoms with Gasteiger partial charge in [0.05, 0.1) is 21.2 Å². The zero-order valence-corrected chi connectivity index (χ0v) is 28.4. The number of rotatable bonds is 13. The molecule has 4 rings (SSSR count). The van der Waals surface area contributed by atoms with Crippen LogP contribution < -0.4 is 9.62 Å². The Morgan fingerprint density at radius 1 is 0.854 bits per heavy atom. The molecule has 0 aliphatic heterocycles.